The summed E-state index contributed by atoms with van der Waals surface area (Å²) in [5, 5.41) is 2.94. The van der Waals surface area contributed by atoms with E-state index in [0.717, 1.165) is 21.7 Å². The molecule has 4 nitrogen and oxygen atoms in total. The van der Waals surface area contributed by atoms with E-state index in [1.165, 1.54) is 0 Å². The number of anilines is 1. The normalized spacial score (nSPS) is 12.2. The van der Waals surface area contributed by atoms with E-state index in [1.54, 1.807) is 0 Å². The van der Waals surface area contributed by atoms with Crippen molar-refractivity contribution in [1.82, 2.24) is 4.90 Å². The number of rotatable bonds is 7. The molecule has 1 atom stereocenters. The van der Waals surface area contributed by atoms with Crippen molar-refractivity contribution in [1.29, 1.82) is 0 Å². The van der Waals surface area contributed by atoms with Gasteiger partial charge in [-0.05, 0) is 50.2 Å². The molecule has 2 rings (SSSR count). The zero-order valence-electron chi connectivity index (χ0n) is 14.4. The second-order valence-electron chi connectivity index (χ2n) is 5.90. The van der Waals surface area contributed by atoms with Crippen LogP contribution in [0, 0.1) is 13.8 Å². The first-order chi connectivity index (χ1) is 11.5. The molecule has 0 saturated carbocycles. The maximum Gasteiger partial charge on any atom is 0.238 e. The fourth-order valence-corrected chi connectivity index (χ4v) is 3.50. The highest BCUT2D eigenvalue weighted by Gasteiger charge is 2.11. The van der Waals surface area contributed by atoms with E-state index in [2.05, 4.69) is 5.32 Å². The van der Waals surface area contributed by atoms with Crippen molar-refractivity contribution in [2.45, 2.75) is 18.7 Å². The summed E-state index contributed by atoms with van der Waals surface area (Å²) in [4.78, 5) is 14.9. The lowest BCUT2D eigenvalue weighted by atomic mass is 10.1. The molecule has 0 radical (unpaired) electrons. The summed E-state index contributed by atoms with van der Waals surface area (Å²) in [7, 11) is 0.829. The highest BCUT2D eigenvalue weighted by Crippen LogP contribution is 2.17. The van der Waals surface area contributed by atoms with Crippen LogP contribution in [0.4, 0.5) is 5.69 Å². The fourth-order valence-electron chi connectivity index (χ4n) is 2.33. The molecule has 24 heavy (non-hydrogen) atoms. The van der Waals surface area contributed by atoms with Crippen LogP contribution < -0.4 is 5.32 Å². The lowest BCUT2D eigenvalue weighted by Crippen LogP contribution is -2.33. The molecule has 0 aliphatic rings. The van der Waals surface area contributed by atoms with E-state index in [9.17, 15) is 9.00 Å². The second kappa shape index (κ2) is 8.76. The summed E-state index contributed by atoms with van der Waals surface area (Å²) < 4.78 is 12.2. The van der Waals surface area contributed by atoms with Gasteiger partial charge in [-0.25, -0.2) is 0 Å². The van der Waals surface area contributed by atoms with Gasteiger partial charge in [0.05, 0.1) is 17.3 Å². The number of carbonyl (C=O) groups is 1. The molecule has 0 spiro atoms. The van der Waals surface area contributed by atoms with E-state index in [1.807, 2.05) is 74.3 Å². The first-order valence-electron chi connectivity index (χ1n) is 7.95. The minimum atomic E-state index is -1.04. The summed E-state index contributed by atoms with van der Waals surface area (Å²) in [5.74, 6) is 0.453. The molecule has 5 heteroatoms. The Morgan fingerprint density at radius 1 is 1.08 bits per heavy atom. The molecule has 0 unspecified atom stereocenters. The van der Waals surface area contributed by atoms with Crippen LogP contribution in [0.25, 0.3) is 0 Å². The number of aryl methyl sites for hydroxylation is 1. The zero-order chi connectivity index (χ0) is 17.5. The number of hydrogen-bond acceptors (Lipinski definition) is 3. The number of nitrogens with one attached hydrogen (secondary N) is 1. The lowest BCUT2D eigenvalue weighted by molar-refractivity contribution is -0.117. The third-order valence-electron chi connectivity index (χ3n) is 3.96. The van der Waals surface area contributed by atoms with Crippen LogP contribution in [0.5, 0.6) is 0 Å². The summed E-state index contributed by atoms with van der Waals surface area (Å²) >= 11 is 0. The molecule has 0 aliphatic carbocycles. The van der Waals surface area contributed by atoms with E-state index >= 15 is 0 Å². The van der Waals surface area contributed by atoms with Crippen molar-refractivity contribution in [3.05, 3.63) is 59.7 Å². The van der Waals surface area contributed by atoms with Gasteiger partial charge >= 0.3 is 0 Å². The molecule has 2 aromatic rings. The predicted molar refractivity (Wildman–Crippen MR) is 99.8 cm³/mol. The maximum atomic E-state index is 12.2. The maximum absolute atomic E-state index is 12.2. The highest BCUT2D eigenvalue weighted by atomic mass is 32.2. The Bertz CT molecular complexity index is 717. The van der Waals surface area contributed by atoms with Crippen molar-refractivity contribution in [3.8, 4) is 0 Å². The molecule has 128 valence electrons. The van der Waals surface area contributed by atoms with Crippen LogP contribution >= 0.6 is 0 Å². The van der Waals surface area contributed by atoms with Crippen LogP contribution in [-0.2, 0) is 15.6 Å². The highest BCUT2D eigenvalue weighted by molar-refractivity contribution is 7.85. The van der Waals surface area contributed by atoms with Gasteiger partial charge in [-0.15, -0.1) is 0 Å². The Labute approximate surface area is 146 Å². The summed E-state index contributed by atoms with van der Waals surface area (Å²) in [6.07, 6.45) is 0. The van der Waals surface area contributed by atoms with E-state index < -0.39 is 10.8 Å². The number of likely N-dealkylation sites (N-methyl/N-ethyl adjacent to an activating group) is 1. The largest absolute Gasteiger partial charge is 0.325 e. The standard InChI is InChI=1S/C19H24N2O2S/c1-15-8-7-11-18(16(15)2)20-19(22)14-21(3)12-13-24(23)17-9-5-4-6-10-17/h4-11H,12-14H2,1-3H3,(H,20,22)/t24-/m1/s1. The van der Waals surface area contributed by atoms with Gasteiger partial charge in [-0.1, -0.05) is 30.3 Å². The molecular formula is C19H24N2O2S. The second-order valence-corrected chi connectivity index (χ2v) is 7.47. The Morgan fingerprint density at radius 2 is 1.79 bits per heavy atom. The van der Waals surface area contributed by atoms with Crippen LogP contribution in [-0.4, -0.2) is 40.9 Å². The smallest absolute Gasteiger partial charge is 0.238 e. The van der Waals surface area contributed by atoms with Crippen LogP contribution in [0.15, 0.2) is 53.4 Å². The fraction of sp³-hybridized carbons (Fsp3) is 0.316. The van der Waals surface area contributed by atoms with Gasteiger partial charge < -0.3 is 5.32 Å². The van der Waals surface area contributed by atoms with E-state index in [0.29, 0.717) is 12.3 Å². The zero-order valence-corrected chi connectivity index (χ0v) is 15.2. The van der Waals surface area contributed by atoms with Gasteiger partial charge in [-0.3, -0.25) is 13.9 Å². The monoisotopic (exact) mass is 344 g/mol. The van der Waals surface area contributed by atoms with Gasteiger partial charge in [-0.2, -0.15) is 0 Å². The Hall–Kier alpha value is -1.98. The van der Waals surface area contributed by atoms with Crippen molar-refractivity contribution < 1.29 is 9.00 Å². The van der Waals surface area contributed by atoms with E-state index in [-0.39, 0.29) is 12.5 Å². The van der Waals surface area contributed by atoms with Crippen LogP contribution in [0.1, 0.15) is 11.1 Å². The number of hydrogen-bond donors (Lipinski definition) is 1. The first-order valence-corrected chi connectivity index (χ1v) is 9.27. The quantitative estimate of drug-likeness (QED) is 0.840. The number of nitrogens with zero attached hydrogens (tertiary/aromatic N) is 1. The molecule has 1 N–H and O–H groups in total. The van der Waals surface area contributed by atoms with Crippen molar-refractivity contribution in [2.24, 2.45) is 0 Å². The number of carbonyl (C=O) groups excluding carboxylic acids is 1. The molecule has 0 aliphatic heterocycles. The average Bonchev–Trinajstić information content (AvgIpc) is 2.57. The Balaban J connectivity index is 1.81. The van der Waals surface area contributed by atoms with Crippen molar-refractivity contribution in [3.63, 3.8) is 0 Å². The van der Waals surface area contributed by atoms with Gasteiger partial charge in [0.1, 0.15) is 0 Å². The first kappa shape index (κ1) is 18.4. The van der Waals surface area contributed by atoms with Crippen molar-refractivity contribution in [2.75, 3.05) is 31.2 Å². The molecule has 0 heterocycles. The number of amides is 1. The third kappa shape index (κ3) is 5.28. The summed E-state index contributed by atoms with van der Waals surface area (Å²) in [6, 6.07) is 15.3. The molecule has 0 fully saturated rings. The third-order valence-corrected chi connectivity index (χ3v) is 5.31. The topological polar surface area (TPSA) is 49.4 Å². The minimum Gasteiger partial charge on any atom is -0.325 e. The average molecular weight is 344 g/mol. The SMILES string of the molecule is Cc1cccc(NC(=O)CN(C)CC[S@@](=O)c2ccccc2)c1C. The Morgan fingerprint density at radius 3 is 2.50 bits per heavy atom. The summed E-state index contributed by atoms with van der Waals surface area (Å²) in [6.45, 7) is 4.90. The van der Waals surface area contributed by atoms with Gasteiger partial charge in [0.25, 0.3) is 0 Å². The van der Waals surface area contributed by atoms with Crippen LogP contribution in [0.2, 0.25) is 0 Å². The molecule has 1 amide bonds. The molecule has 0 saturated heterocycles. The van der Waals surface area contributed by atoms with Gasteiger partial charge in [0.15, 0.2) is 0 Å². The molecule has 0 bridgehead atoms. The Kier molecular flexibility index (Phi) is 6.70. The van der Waals surface area contributed by atoms with E-state index in [4.69, 9.17) is 0 Å². The summed E-state index contributed by atoms with van der Waals surface area (Å²) in [5.41, 5.74) is 3.08. The molecular weight excluding hydrogens is 320 g/mol. The van der Waals surface area contributed by atoms with Gasteiger partial charge in [0.2, 0.25) is 5.91 Å². The minimum absolute atomic E-state index is 0.0586. The lowest BCUT2D eigenvalue weighted by Gasteiger charge is -2.17. The number of benzene rings is 2. The van der Waals surface area contributed by atoms with Crippen LogP contribution in [0.3, 0.4) is 0 Å². The van der Waals surface area contributed by atoms with Gasteiger partial charge in [0, 0.05) is 22.9 Å². The predicted octanol–water partition coefficient (Wildman–Crippen LogP) is 2.98. The molecule has 2 aromatic carbocycles. The van der Waals surface area contributed by atoms with Crippen molar-refractivity contribution >= 4 is 22.4 Å². The molecule has 0 aromatic heterocycles.